The van der Waals surface area contributed by atoms with E-state index in [9.17, 15) is 19.8 Å². The van der Waals surface area contributed by atoms with Crippen LogP contribution in [-0.4, -0.2) is 45.3 Å². The normalized spacial score (nSPS) is 19.0. The Kier molecular flexibility index (Phi) is 7.04. The third kappa shape index (κ3) is 4.34. The quantitative estimate of drug-likeness (QED) is 0.449. The smallest absolute Gasteiger partial charge is 0.236 e. The second kappa shape index (κ2) is 8.04. The van der Waals surface area contributed by atoms with Crippen molar-refractivity contribution in [2.24, 2.45) is 5.41 Å². The molecule has 2 amide bonds. The van der Waals surface area contributed by atoms with Crippen LogP contribution in [0.15, 0.2) is 0 Å². The molecule has 6 nitrogen and oxygen atoms in total. The molecular weight excluding hydrogens is 320 g/mol. The van der Waals surface area contributed by atoms with Crippen LogP contribution in [0.5, 0.6) is 0 Å². The minimum absolute atomic E-state index is 0.332. The minimum Gasteiger partial charge on any atom is -0.388 e. The Morgan fingerprint density at radius 1 is 0.840 bits per heavy atom. The van der Waals surface area contributed by atoms with Gasteiger partial charge in [-0.3, -0.25) is 9.59 Å². The molecule has 146 valence electrons. The van der Waals surface area contributed by atoms with Crippen LogP contribution in [0.25, 0.3) is 0 Å². The van der Waals surface area contributed by atoms with Crippen LogP contribution >= 0.6 is 0 Å². The molecule has 0 aliphatic heterocycles. The van der Waals surface area contributed by atoms with Crippen molar-refractivity contribution in [1.29, 1.82) is 0 Å². The van der Waals surface area contributed by atoms with Gasteiger partial charge in [-0.15, -0.1) is 0 Å². The maximum absolute atomic E-state index is 12.7. The lowest BCUT2D eigenvalue weighted by molar-refractivity contribution is -0.140. The highest BCUT2D eigenvalue weighted by Crippen LogP contribution is 2.46. The topological polar surface area (TPSA) is 98.7 Å². The van der Waals surface area contributed by atoms with Crippen molar-refractivity contribution in [3.05, 3.63) is 0 Å². The molecule has 0 aromatic rings. The predicted octanol–water partition coefficient (Wildman–Crippen LogP) is 1.88. The average molecular weight is 357 g/mol. The van der Waals surface area contributed by atoms with Gasteiger partial charge in [0.15, 0.2) is 0 Å². The van der Waals surface area contributed by atoms with Gasteiger partial charge in [-0.2, -0.15) is 0 Å². The predicted molar refractivity (Wildman–Crippen MR) is 97.9 cm³/mol. The summed E-state index contributed by atoms with van der Waals surface area (Å²) < 4.78 is 0. The third-order valence-electron chi connectivity index (χ3n) is 6.38. The van der Waals surface area contributed by atoms with E-state index in [1.807, 2.05) is 27.7 Å². The monoisotopic (exact) mass is 356 g/mol. The van der Waals surface area contributed by atoms with E-state index in [1.165, 1.54) is 0 Å². The Hall–Kier alpha value is -1.14. The lowest BCUT2D eigenvalue weighted by atomic mass is 9.88. The molecule has 0 radical (unpaired) electrons. The largest absolute Gasteiger partial charge is 0.388 e. The zero-order valence-corrected chi connectivity index (χ0v) is 16.6. The Morgan fingerprint density at radius 2 is 1.12 bits per heavy atom. The fourth-order valence-corrected chi connectivity index (χ4v) is 3.35. The number of amides is 2. The van der Waals surface area contributed by atoms with Gasteiger partial charge in [0.25, 0.3) is 0 Å². The number of carbonyl (C=O) groups is 2. The van der Waals surface area contributed by atoms with Crippen LogP contribution in [0.1, 0.15) is 80.1 Å². The summed E-state index contributed by atoms with van der Waals surface area (Å²) in [4.78, 5) is 25.4. The van der Waals surface area contributed by atoms with Gasteiger partial charge in [0.2, 0.25) is 11.8 Å². The first-order chi connectivity index (χ1) is 11.5. The average Bonchev–Trinajstić information content (AvgIpc) is 3.41. The third-order valence-corrected chi connectivity index (χ3v) is 6.38. The van der Waals surface area contributed by atoms with Gasteiger partial charge in [-0.05, 0) is 52.4 Å². The Bertz CT molecular complexity index is 440. The van der Waals surface area contributed by atoms with Crippen LogP contribution in [0.3, 0.4) is 0 Å². The molecule has 1 saturated carbocycles. The molecule has 25 heavy (non-hydrogen) atoms. The summed E-state index contributed by atoms with van der Waals surface area (Å²) in [7, 11) is 0. The van der Waals surface area contributed by atoms with Crippen molar-refractivity contribution >= 4 is 11.8 Å². The van der Waals surface area contributed by atoms with Crippen LogP contribution in [0, 0.1) is 5.41 Å². The summed E-state index contributed by atoms with van der Waals surface area (Å²) in [5.41, 5.74) is -3.01. The first-order valence-corrected chi connectivity index (χ1v) is 9.61. The molecule has 4 N–H and O–H groups in total. The number of aliphatic hydroxyl groups is 2. The van der Waals surface area contributed by atoms with Crippen molar-refractivity contribution in [3.63, 3.8) is 0 Å². The molecule has 0 unspecified atom stereocenters. The highest BCUT2D eigenvalue weighted by atomic mass is 16.3. The first kappa shape index (κ1) is 21.9. The van der Waals surface area contributed by atoms with E-state index < -0.39 is 28.7 Å². The van der Waals surface area contributed by atoms with Gasteiger partial charge < -0.3 is 20.8 Å². The Morgan fingerprint density at radius 3 is 1.32 bits per heavy atom. The van der Waals surface area contributed by atoms with Crippen molar-refractivity contribution < 1.29 is 19.8 Å². The van der Waals surface area contributed by atoms with Gasteiger partial charge in [-0.1, -0.05) is 27.7 Å². The fraction of sp³-hybridized carbons (Fsp3) is 0.895. The summed E-state index contributed by atoms with van der Waals surface area (Å²) >= 11 is 0. The van der Waals surface area contributed by atoms with Crippen molar-refractivity contribution in [2.45, 2.75) is 103 Å². The van der Waals surface area contributed by atoms with Crippen LogP contribution < -0.4 is 10.6 Å². The molecular formula is C19H36N2O4. The highest BCUT2D eigenvalue weighted by molar-refractivity contribution is 6.08. The van der Waals surface area contributed by atoms with Gasteiger partial charge >= 0.3 is 0 Å². The molecule has 1 fully saturated rings. The van der Waals surface area contributed by atoms with E-state index >= 15 is 0 Å². The molecule has 1 rings (SSSR count). The van der Waals surface area contributed by atoms with E-state index in [-0.39, 0.29) is 11.8 Å². The zero-order valence-electron chi connectivity index (χ0n) is 16.6. The van der Waals surface area contributed by atoms with E-state index in [1.54, 1.807) is 13.8 Å². The van der Waals surface area contributed by atoms with Crippen molar-refractivity contribution in [2.75, 3.05) is 0 Å². The summed E-state index contributed by atoms with van der Waals surface area (Å²) in [6, 6.07) is -0.859. The number of hydrogen-bond acceptors (Lipinski definition) is 4. The lowest BCUT2D eigenvalue weighted by Crippen LogP contribution is -2.57. The highest BCUT2D eigenvalue weighted by Gasteiger charge is 2.57. The Labute approximate surface area is 151 Å². The molecule has 0 spiro atoms. The van der Waals surface area contributed by atoms with Crippen LogP contribution in [0.4, 0.5) is 0 Å². The number of rotatable bonds is 10. The molecule has 0 heterocycles. The van der Waals surface area contributed by atoms with E-state index in [0.717, 1.165) is 0 Å². The summed E-state index contributed by atoms with van der Waals surface area (Å²) in [6.07, 6.45) is 3.11. The SMILES string of the molecule is CCC(O)(CC)[C@@H](C)NC(=O)C1(C(=O)N[C@H](C)C(O)(CC)CC)CC1. The standard InChI is InChI=1S/C19H36N2O4/c1-7-18(24,8-2)13(5)20-15(22)17(11-12-17)16(23)21-14(6)19(25,9-3)10-4/h13-14,24-25H,7-12H2,1-6H3,(H,20,22)(H,21,23)/t13-,14-/m1/s1. The van der Waals surface area contributed by atoms with Crippen molar-refractivity contribution in [1.82, 2.24) is 10.6 Å². The van der Waals surface area contributed by atoms with E-state index in [4.69, 9.17) is 0 Å². The molecule has 2 atom stereocenters. The molecule has 0 bridgehead atoms. The molecule has 1 aliphatic rings. The molecule has 6 heteroatoms. The zero-order chi connectivity index (χ0) is 19.5. The molecule has 0 aromatic heterocycles. The Balaban J connectivity index is 2.78. The molecule has 1 aliphatic carbocycles. The van der Waals surface area contributed by atoms with Gasteiger partial charge in [0.05, 0.1) is 23.3 Å². The second-order valence-electron chi connectivity index (χ2n) is 7.59. The number of carbonyl (C=O) groups excluding carboxylic acids is 2. The molecule has 0 aromatic carbocycles. The summed E-state index contributed by atoms with van der Waals surface area (Å²) in [5.74, 6) is -0.664. The maximum Gasteiger partial charge on any atom is 0.236 e. The number of hydrogen-bond donors (Lipinski definition) is 4. The lowest BCUT2D eigenvalue weighted by Gasteiger charge is -2.35. The second-order valence-corrected chi connectivity index (χ2v) is 7.59. The molecule has 0 saturated heterocycles. The van der Waals surface area contributed by atoms with Crippen molar-refractivity contribution in [3.8, 4) is 0 Å². The first-order valence-electron chi connectivity index (χ1n) is 9.61. The fourth-order valence-electron chi connectivity index (χ4n) is 3.35. The maximum atomic E-state index is 12.7. The van der Waals surface area contributed by atoms with Gasteiger partial charge in [-0.25, -0.2) is 0 Å². The summed E-state index contributed by atoms with van der Waals surface area (Å²) in [5, 5.41) is 26.7. The van der Waals surface area contributed by atoms with Gasteiger partial charge in [0, 0.05) is 0 Å². The summed E-state index contributed by atoms with van der Waals surface area (Å²) in [6.45, 7) is 11.1. The van der Waals surface area contributed by atoms with Crippen LogP contribution in [-0.2, 0) is 9.59 Å². The minimum atomic E-state index is -1.06. The van der Waals surface area contributed by atoms with E-state index in [0.29, 0.717) is 38.5 Å². The van der Waals surface area contributed by atoms with E-state index in [2.05, 4.69) is 10.6 Å². The van der Waals surface area contributed by atoms with Gasteiger partial charge in [0.1, 0.15) is 5.41 Å². The number of nitrogens with one attached hydrogen (secondary N) is 2. The van der Waals surface area contributed by atoms with Crippen LogP contribution in [0.2, 0.25) is 0 Å².